The van der Waals surface area contributed by atoms with Gasteiger partial charge in [0.1, 0.15) is 0 Å². The summed E-state index contributed by atoms with van der Waals surface area (Å²) in [7, 11) is 1.38. The number of nitrogens with one attached hydrogen (secondary N) is 1. The van der Waals surface area contributed by atoms with E-state index in [1.54, 1.807) is 0 Å². The first-order valence-corrected chi connectivity index (χ1v) is 5.48. The van der Waals surface area contributed by atoms with Crippen molar-refractivity contribution in [2.75, 3.05) is 13.7 Å². The molecule has 0 saturated carbocycles. The van der Waals surface area contributed by atoms with Crippen LogP contribution in [-0.2, 0) is 9.53 Å². The predicted molar refractivity (Wildman–Crippen MR) is 62.6 cm³/mol. The zero-order chi connectivity index (χ0) is 11.3. The van der Waals surface area contributed by atoms with Gasteiger partial charge in [0.25, 0.3) is 0 Å². The molecular weight excluding hydrogens is 258 g/mol. The Morgan fingerprint density at radius 1 is 1.47 bits per heavy atom. The van der Waals surface area contributed by atoms with E-state index in [0.29, 0.717) is 0 Å². The van der Waals surface area contributed by atoms with Crippen LogP contribution in [0.2, 0.25) is 0 Å². The second-order valence-electron chi connectivity index (χ2n) is 3.23. The van der Waals surface area contributed by atoms with Gasteiger partial charge < -0.3 is 10.1 Å². The summed E-state index contributed by atoms with van der Waals surface area (Å²) in [6.07, 6.45) is 0. The van der Waals surface area contributed by atoms with Crippen molar-refractivity contribution in [2.24, 2.45) is 0 Å². The topological polar surface area (TPSA) is 38.3 Å². The van der Waals surface area contributed by atoms with Crippen molar-refractivity contribution in [1.29, 1.82) is 0 Å². The normalized spacial score (nSPS) is 12.2. The van der Waals surface area contributed by atoms with Crippen LogP contribution < -0.4 is 5.32 Å². The molecule has 4 heteroatoms. The fourth-order valence-electron chi connectivity index (χ4n) is 1.18. The van der Waals surface area contributed by atoms with Crippen LogP contribution in [0, 0.1) is 0 Å². The molecule has 0 aromatic heterocycles. The van der Waals surface area contributed by atoms with Gasteiger partial charge in [0, 0.05) is 10.5 Å². The standard InChI is InChI=1S/C11H14BrNO2/c1-8(13-7-11(14)15-2)9-3-5-10(12)6-4-9/h3-6,8,13H,7H2,1-2H3/t8-/m0/s1. The molecule has 0 aliphatic rings. The average Bonchev–Trinajstić information content (AvgIpc) is 2.26. The van der Waals surface area contributed by atoms with Gasteiger partial charge in [0.15, 0.2) is 0 Å². The van der Waals surface area contributed by atoms with Crippen LogP contribution in [0.1, 0.15) is 18.5 Å². The van der Waals surface area contributed by atoms with E-state index >= 15 is 0 Å². The Hall–Kier alpha value is -0.870. The van der Waals surface area contributed by atoms with Crippen LogP contribution in [0.3, 0.4) is 0 Å². The van der Waals surface area contributed by atoms with Gasteiger partial charge in [-0.25, -0.2) is 0 Å². The van der Waals surface area contributed by atoms with Gasteiger partial charge >= 0.3 is 5.97 Å². The van der Waals surface area contributed by atoms with E-state index in [1.807, 2.05) is 31.2 Å². The second-order valence-corrected chi connectivity index (χ2v) is 4.15. The minimum absolute atomic E-state index is 0.136. The first-order chi connectivity index (χ1) is 7.13. The summed E-state index contributed by atoms with van der Waals surface area (Å²) < 4.78 is 5.59. The smallest absolute Gasteiger partial charge is 0.319 e. The zero-order valence-corrected chi connectivity index (χ0v) is 10.4. The largest absolute Gasteiger partial charge is 0.468 e. The molecule has 1 rings (SSSR count). The van der Waals surface area contributed by atoms with Crippen molar-refractivity contribution in [3.63, 3.8) is 0 Å². The highest BCUT2D eigenvalue weighted by atomic mass is 79.9. The molecule has 82 valence electrons. The zero-order valence-electron chi connectivity index (χ0n) is 8.79. The first kappa shape index (κ1) is 12.2. The molecule has 0 bridgehead atoms. The lowest BCUT2D eigenvalue weighted by molar-refractivity contribution is -0.139. The molecule has 1 aromatic carbocycles. The minimum atomic E-state index is -0.251. The van der Waals surface area contributed by atoms with Crippen LogP contribution in [0.25, 0.3) is 0 Å². The molecule has 0 aliphatic carbocycles. The number of carbonyl (C=O) groups is 1. The summed E-state index contributed by atoms with van der Waals surface area (Å²) >= 11 is 3.37. The molecule has 0 saturated heterocycles. The van der Waals surface area contributed by atoms with E-state index in [0.717, 1.165) is 10.0 Å². The van der Waals surface area contributed by atoms with Crippen molar-refractivity contribution < 1.29 is 9.53 Å². The van der Waals surface area contributed by atoms with Crippen molar-refractivity contribution >= 4 is 21.9 Å². The summed E-state index contributed by atoms with van der Waals surface area (Å²) in [6, 6.07) is 8.12. The van der Waals surface area contributed by atoms with Gasteiger partial charge in [0.05, 0.1) is 13.7 Å². The fourth-order valence-corrected chi connectivity index (χ4v) is 1.44. The van der Waals surface area contributed by atoms with Crippen LogP contribution in [0.4, 0.5) is 0 Å². The van der Waals surface area contributed by atoms with Gasteiger partial charge in [0.2, 0.25) is 0 Å². The Labute approximate surface area is 97.9 Å². The summed E-state index contributed by atoms with van der Waals surface area (Å²) in [6.45, 7) is 2.24. The molecule has 0 spiro atoms. The molecule has 0 unspecified atom stereocenters. The molecule has 1 N–H and O–H groups in total. The number of methoxy groups -OCH3 is 1. The molecule has 15 heavy (non-hydrogen) atoms. The Morgan fingerprint density at radius 2 is 2.07 bits per heavy atom. The van der Waals surface area contributed by atoms with E-state index < -0.39 is 0 Å². The maximum absolute atomic E-state index is 10.9. The molecule has 1 aromatic rings. The minimum Gasteiger partial charge on any atom is -0.468 e. The lowest BCUT2D eigenvalue weighted by Gasteiger charge is -2.13. The highest BCUT2D eigenvalue weighted by Gasteiger charge is 2.06. The summed E-state index contributed by atoms with van der Waals surface area (Å²) in [5.41, 5.74) is 1.14. The third-order valence-electron chi connectivity index (χ3n) is 2.15. The molecule has 0 heterocycles. The third kappa shape index (κ3) is 4.01. The number of hydrogen-bond acceptors (Lipinski definition) is 3. The maximum atomic E-state index is 10.9. The maximum Gasteiger partial charge on any atom is 0.319 e. The van der Waals surface area contributed by atoms with Crippen molar-refractivity contribution in [1.82, 2.24) is 5.32 Å². The van der Waals surface area contributed by atoms with Gasteiger partial charge in [-0.3, -0.25) is 4.79 Å². The van der Waals surface area contributed by atoms with E-state index in [2.05, 4.69) is 26.0 Å². The summed E-state index contributed by atoms with van der Waals surface area (Å²) in [5.74, 6) is -0.251. The summed E-state index contributed by atoms with van der Waals surface area (Å²) in [4.78, 5) is 10.9. The van der Waals surface area contributed by atoms with E-state index in [-0.39, 0.29) is 18.6 Å². The molecule has 0 fully saturated rings. The molecular formula is C11H14BrNO2. The van der Waals surface area contributed by atoms with E-state index in [1.165, 1.54) is 7.11 Å². The molecule has 3 nitrogen and oxygen atoms in total. The number of esters is 1. The van der Waals surface area contributed by atoms with Gasteiger partial charge in [-0.05, 0) is 24.6 Å². The van der Waals surface area contributed by atoms with E-state index in [9.17, 15) is 4.79 Å². The lowest BCUT2D eigenvalue weighted by Crippen LogP contribution is -2.26. The highest BCUT2D eigenvalue weighted by Crippen LogP contribution is 2.16. The van der Waals surface area contributed by atoms with Crippen molar-refractivity contribution in [2.45, 2.75) is 13.0 Å². The first-order valence-electron chi connectivity index (χ1n) is 4.69. The molecule has 1 atom stereocenters. The quantitative estimate of drug-likeness (QED) is 0.854. The monoisotopic (exact) mass is 271 g/mol. The number of halogens is 1. The average molecular weight is 272 g/mol. The fraction of sp³-hybridized carbons (Fsp3) is 0.364. The number of ether oxygens (including phenoxy) is 1. The Morgan fingerprint density at radius 3 is 2.60 bits per heavy atom. The second kappa shape index (κ2) is 5.88. The van der Waals surface area contributed by atoms with Crippen LogP contribution in [0.15, 0.2) is 28.7 Å². The van der Waals surface area contributed by atoms with Gasteiger partial charge in [-0.1, -0.05) is 28.1 Å². The number of hydrogen-bond donors (Lipinski definition) is 1. The van der Waals surface area contributed by atoms with Gasteiger partial charge in [-0.15, -0.1) is 0 Å². The summed E-state index contributed by atoms with van der Waals surface area (Å²) in [5, 5.41) is 3.08. The van der Waals surface area contributed by atoms with Crippen LogP contribution >= 0.6 is 15.9 Å². The Kier molecular flexibility index (Phi) is 4.78. The SMILES string of the molecule is COC(=O)CN[C@@H](C)c1ccc(Br)cc1. The lowest BCUT2D eigenvalue weighted by atomic mass is 10.1. The number of carbonyl (C=O) groups excluding carboxylic acids is 1. The number of benzene rings is 1. The molecule has 0 aliphatic heterocycles. The Bertz CT molecular complexity index is 324. The number of rotatable bonds is 4. The van der Waals surface area contributed by atoms with E-state index in [4.69, 9.17) is 0 Å². The van der Waals surface area contributed by atoms with Crippen LogP contribution in [-0.4, -0.2) is 19.6 Å². The Balaban J connectivity index is 2.50. The molecule has 0 radical (unpaired) electrons. The van der Waals surface area contributed by atoms with Crippen molar-refractivity contribution in [3.05, 3.63) is 34.3 Å². The third-order valence-corrected chi connectivity index (χ3v) is 2.68. The highest BCUT2D eigenvalue weighted by molar-refractivity contribution is 9.10. The molecule has 0 amide bonds. The predicted octanol–water partition coefficient (Wildman–Crippen LogP) is 2.27. The van der Waals surface area contributed by atoms with Crippen molar-refractivity contribution in [3.8, 4) is 0 Å². The van der Waals surface area contributed by atoms with Crippen LogP contribution in [0.5, 0.6) is 0 Å². The van der Waals surface area contributed by atoms with Gasteiger partial charge in [-0.2, -0.15) is 0 Å².